The molecule has 0 spiro atoms. The zero-order valence-corrected chi connectivity index (χ0v) is 17.9. The highest BCUT2D eigenvalue weighted by atomic mass is 35.5. The molecule has 6 nitrogen and oxygen atoms in total. The summed E-state index contributed by atoms with van der Waals surface area (Å²) in [5, 5.41) is 4.44. The van der Waals surface area contributed by atoms with Crippen LogP contribution in [0.5, 0.6) is 5.75 Å². The van der Waals surface area contributed by atoms with Crippen LogP contribution in [-0.4, -0.2) is 42.0 Å². The first kappa shape index (κ1) is 23.6. The monoisotopic (exact) mass is 473 g/mol. The van der Waals surface area contributed by atoms with Gasteiger partial charge < -0.3 is 20.3 Å². The van der Waals surface area contributed by atoms with Crippen LogP contribution in [0.15, 0.2) is 30.3 Å². The molecule has 11 heteroatoms. The van der Waals surface area contributed by atoms with Crippen molar-refractivity contribution in [3.05, 3.63) is 52.6 Å². The number of anilines is 2. The van der Waals surface area contributed by atoms with Gasteiger partial charge in [0.05, 0.1) is 34.6 Å². The minimum Gasteiger partial charge on any atom is -0.490 e. The lowest BCUT2D eigenvalue weighted by Gasteiger charge is -2.19. The number of carbonyl (C=O) groups excluding carboxylic acids is 2. The van der Waals surface area contributed by atoms with E-state index in [1.165, 1.54) is 12.1 Å². The smallest absolute Gasteiger partial charge is 0.322 e. The van der Waals surface area contributed by atoms with E-state index in [4.69, 9.17) is 16.3 Å². The number of benzene rings is 2. The maximum absolute atomic E-state index is 14.7. The second-order valence-corrected chi connectivity index (χ2v) is 7.91. The molecule has 1 saturated heterocycles. The standard InChI is InChI=1S/C21H20ClF4N3O3/c1-11(2)32-17-9-16(27-20(31)29-7-6-21(25,26)10-29)15(24)8-12(17)19(30)28-18-13(22)4-3-5-14(18)23/h3-5,8-9,11H,6-7,10H2,1-2H3,(H,27,31)(H,28,30). The number of alkyl halides is 2. The van der Waals surface area contributed by atoms with Gasteiger partial charge in [-0.3, -0.25) is 4.79 Å². The average Bonchev–Trinajstić information content (AvgIpc) is 3.06. The molecule has 2 aromatic rings. The van der Waals surface area contributed by atoms with Gasteiger partial charge in [-0.25, -0.2) is 22.4 Å². The molecule has 0 saturated carbocycles. The number of ether oxygens (including phenoxy) is 1. The number of hydrogen-bond acceptors (Lipinski definition) is 3. The number of rotatable bonds is 5. The molecule has 1 aliphatic rings. The highest BCUT2D eigenvalue weighted by Crippen LogP contribution is 2.32. The second kappa shape index (κ2) is 9.23. The van der Waals surface area contributed by atoms with E-state index in [1.54, 1.807) is 13.8 Å². The topological polar surface area (TPSA) is 70.7 Å². The van der Waals surface area contributed by atoms with Crippen LogP contribution in [0.2, 0.25) is 5.02 Å². The van der Waals surface area contributed by atoms with E-state index in [-0.39, 0.29) is 34.3 Å². The quantitative estimate of drug-likeness (QED) is 0.561. The highest BCUT2D eigenvalue weighted by Gasteiger charge is 2.40. The molecular weight excluding hydrogens is 454 g/mol. The van der Waals surface area contributed by atoms with Crippen molar-refractivity contribution < 1.29 is 31.9 Å². The minimum absolute atomic E-state index is 0.0588. The maximum atomic E-state index is 14.7. The first-order valence-electron chi connectivity index (χ1n) is 9.66. The third kappa shape index (κ3) is 5.42. The molecule has 1 fully saturated rings. The Hall–Kier alpha value is -3.01. The van der Waals surface area contributed by atoms with Gasteiger partial charge in [-0.2, -0.15) is 0 Å². The van der Waals surface area contributed by atoms with Crippen molar-refractivity contribution in [2.24, 2.45) is 0 Å². The molecule has 0 bridgehead atoms. The summed E-state index contributed by atoms with van der Waals surface area (Å²) in [6.07, 6.45) is -0.924. The fourth-order valence-electron chi connectivity index (χ4n) is 3.08. The Labute approximate surface area is 186 Å². The molecule has 2 aromatic carbocycles. The number of nitrogens with one attached hydrogen (secondary N) is 2. The molecule has 0 unspecified atom stereocenters. The van der Waals surface area contributed by atoms with Crippen LogP contribution in [0.3, 0.4) is 0 Å². The second-order valence-electron chi connectivity index (χ2n) is 7.50. The molecule has 0 aliphatic carbocycles. The third-order valence-corrected chi connectivity index (χ3v) is 4.89. The Bertz CT molecular complexity index is 1030. The zero-order valence-electron chi connectivity index (χ0n) is 17.1. The van der Waals surface area contributed by atoms with Gasteiger partial charge in [0.15, 0.2) is 0 Å². The van der Waals surface area contributed by atoms with Gasteiger partial charge in [-0.05, 0) is 32.0 Å². The number of carbonyl (C=O) groups is 2. The van der Waals surface area contributed by atoms with E-state index in [2.05, 4.69) is 10.6 Å². The Morgan fingerprint density at radius 3 is 2.47 bits per heavy atom. The maximum Gasteiger partial charge on any atom is 0.322 e. The number of urea groups is 1. The molecule has 1 heterocycles. The molecular formula is C21H20ClF4N3O3. The van der Waals surface area contributed by atoms with Crippen LogP contribution >= 0.6 is 11.6 Å². The summed E-state index contributed by atoms with van der Waals surface area (Å²) in [5.74, 6) is -5.80. The molecule has 0 atom stereocenters. The van der Waals surface area contributed by atoms with Crippen LogP contribution in [0.4, 0.5) is 33.7 Å². The molecule has 172 valence electrons. The van der Waals surface area contributed by atoms with Gasteiger partial charge >= 0.3 is 6.03 Å². The summed E-state index contributed by atoms with van der Waals surface area (Å²) < 4.78 is 61.0. The number of para-hydroxylation sites is 1. The van der Waals surface area contributed by atoms with Gasteiger partial charge in [0.1, 0.15) is 17.4 Å². The van der Waals surface area contributed by atoms with Gasteiger partial charge in [0.2, 0.25) is 0 Å². The summed E-state index contributed by atoms with van der Waals surface area (Å²) in [7, 11) is 0. The predicted octanol–water partition coefficient (Wildman–Crippen LogP) is 5.53. The van der Waals surface area contributed by atoms with Crippen LogP contribution in [0.25, 0.3) is 0 Å². The highest BCUT2D eigenvalue weighted by molar-refractivity contribution is 6.34. The lowest BCUT2D eigenvalue weighted by Crippen LogP contribution is -2.35. The lowest BCUT2D eigenvalue weighted by molar-refractivity contribution is 0.0159. The summed E-state index contributed by atoms with van der Waals surface area (Å²) >= 11 is 5.92. The van der Waals surface area contributed by atoms with Crippen molar-refractivity contribution in [3.63, 3.8) is 0 Å². The summed E-state index contributed by atoms with van der Waals surface area (Å²) in [6, 6.07) is 4.77. The van der Waals surface area contributed by atoms with Gasteiger partial charge in [0, 0.05) is 19.0 Å². The first-order valence-corrected chi connectivity index (χ1v) is 10.0. The molecule has 0 radical (unpaired) electrons. The Kier molecular flexibility index (Phi) is 6.82. The normalized spacial score (nSPS) is 15.1. The fourth-order valence-corrected chi connectivity index (χ4v) is 3.29. The van der Waals surface area contributed by atoms with E-state index in [0.717, 1.165) is 23.1 Å². The molecule has 32 heavy (non-hydrogen) atoms. The summed E-state index contributed by atoms with van der Waals surface area (Å²) in [5.41, 5.74) is -0.926. The van der Waals surface area contributed by atoms with Crippen molar-refractivity contribution in [1.29, 1.82) is 0 Å². The summed E-state index contributed by atoms with van der Waals surface area (Å²) in [6.45, 7) is 2.35. The average molecular weight is 474 g/mol. The number of hydrogen-bond donors (Lipinski definition) is 2. The molecule has 3 rings (SSSR count). The fraction of sp³-hybridized carbons (Fsp3) is 0.333. The van der Waals surface area contributed by atoms with Crippen molar-refractivity contribution in [2.75, 3.05) is 23.7 Å². The summed E-state index contributed by atoms with van der Waals surface area (Å²) in [4.78, 5) is 25.9. The number of nitrogens with zero attached hydrogens (tertiary/aromatic N) is 1. The minimum atomic E-state index is -3.00. The Morgan fingerprint density at radius 1 is 1.16 bits per heavy atom. The van der Waals surface area contributed by atoms with Crippen LogP contribution in [-0.2, 0) is 0 Å². The van der Waals surface area contributed by atoms with Crippen molar-refractivity contribution >= 4 is 34.9 Å². The van der Waals surface area contributed by atoms with Gasteiger partial charge in [-0.1, -0.05) is 17.7 Å². The number of halogens is 5. The van der Waals surface area contributed by atoms with Crippen molar-refractivity contribution in [2.45, 2.75) is 32.3 Å². The largest absolute Gasteiger partial charge is 0.490 e. The number of amides is 3. The van der Waals surface area contributed by atoms with Gasteiger partial charge in [0.25, 0.3) is 11.8 Å². The number of likely N-dealkylation sites (tertiary alicyclic amines) is 1. The van der Waals surface area contributed by atoms with Crippen LogP contribution < -0.4 is 15.4 Å². The molecule has 2 N–H and O–H groups in total. The van der Waals surface area contributed by atoms with Crippen LogP contribution in [0, 0.1) is 11.6 Å². The zero-order chi connectivity index (χ0) is 23.6. The van der Waals surface area contributed by atoms with E-state index < -0.39 is 48.6 Å². The molecule has 3 amide bonds. The Balaban J connectivity index is 1.88. The third-order valence-electron chi connectivity index (χ3n) is 4.58. The van der Waals surface area contributed by atoms with E-state index >= 15 is 0 Å². The molecule has 0 aromatic heterocycles. The van der Waals surface area contributed by atoms with E-state index in [0.29, 0.717) is 0 Å². The van der Waals surface area contributed by atoms with E-state index in [9.17, 15) is 27.2 Å². The Morgan fingerprint density at radius 2 is 1.88 bits per heavy atom. The SMILES string of the molecule is CC(C)Oc1cc(NC(=O)N2CCC(F)(F)C2)c(F)cc1C(=O)Nc1c(F)cccc1Cl. The lowest BCUT2D eigenvalue weighted by atomic mass is 10.1. The van der Waals surface area contributed by atoms with Gasteiger partial charge in [-0.15, -0.1) is 0 Å². The predicted molar refractivity (Wildman–Crippen MR) is 112 cm³/mol. The van der Waals surface area contributed by atoms with Crippen LogP contribution in [0.1, 0.15) is 30.6 Å². The van der Waals surface area contributed by atoms with Crippen molar-refractivity contribution in [3.8, 4) is 5.75 Å². The molecule has 1 aliphatic heterocycles. The first-order chi connectivity index (χ1) is 15.0. The van der Waals surface area contributed by atoms with Crippen molar-refractivity contribution in [1.82, 2.24) is 4.90 Å². The van der Waals surface area contributed by atoms with E-state index in [1.807, 2.05) is 0 Å².